The molecule has 0 amide bonds. The van der Waals surface area contributed by atoms with Gasteiger partial charge in [-0.25, -0.2) is 4.79 Å². The first-order valence-electron chi connectivity index (χ1n) is 3.93. The van der Waals surface area contributed by atoms with Crippen LogP contribution in [0.1, 0.15) is 29.1 Å². The van der Waals surface area contributed by atoms with Crippen LogP contribution in [0.25, 0.3) is 0 Å². The Morgan fingerprint density at radius 3 is 2.69 bits per heavy atom. The summed E-state index contributed by atoms with van der Waals surface area (Å²) >= 11 is 0. The summed E-state index contributed by atoms with van der Waals surface area (Å²) < 4.78 is 1.50. The first-order chi connectivity index (χ1) is 6.07. The summed E-state index contributed by atoms with van der Waals surface area (Å²) in [4.78, 5) is 21.2. The number of aliphatic carboxylic acids is 1. The van der Waals surface area contributed by atoms with Gasteiger partial charge in [0.25, 0.3) is 0 Å². The number of hydrogen-bond donors (Lipinski definition) is 1. The van der Waals surface area contributed by atoms with E-state index in [0.717, 1.165) is 5.69 Å². The summed E-state index contributed by atoms with van der Waals surface area (Å²) in [7, 11) is 0. The number of rotatable bonds is 3. The lowest BCUT2D eigenvalue weighted by Gasteiger charge is -2.12. The molecule has 1 unspecified atom stereocenters. The summed E-state index contributed by atoms with van der Waals surface area (Å²) in [5.74, 6) is -0.942. The van der Waals surface area contributed by atoms with E-state index in [2.05, 4.69) is 0 Å². The maximum atomic E-state index is 10.7. The van der Waals surface area contributed by atoms with Gasteiger partial charge >= 0.3 is 5.97 Å². The molecule has 4 nitrogen and oxygen atoms in total. The fourth-order valence-electron chi connectivity index (χ4n) is 1.31. The van der Waals surface area contributed by atoms with Gasteiger partial charge in [-0.05, 0) is 26.0 Å². The number of aromatic nitrogens is 1. The summed E-state index contributed by atoms with van der Waals surface area (Å²) in [6.45, 7) is 3.31. The average Bonchev–Trinajstić information content (AvgIpc) is 2.45. The fourth-order valence-corrected chi connectivity index (χ4v) is 1.31. The number of aldehydes is 1. The lowest BCUT2D eigenvalue weighted by Crippen LogP contribution is -2.18. The molecule has 0 aliphatic carbocycles. The van der Waals surface area contributed by atoms with E-state index in [1.54, 1.807) is 26.0 Å². The zero-order chi connectivity index (χ0) is 10.0. The molecule has 70 valence electrons. The highest BCUT2D eigenvalue weighted by Crippen LogP contribution is 2.14. The van der Waals surface area contributed by atoms with Crippen molar-refractivity contribution in [2.24, 2.45) is 0 Å². The second-order valence-corrected chi connectivity index (χ2v) is 2.90. The lowest BCUT2D eigenvalue weighted by atomic mass is 10.3. The first kappa shape index (κ1) is 9.51. The molecule has 1 N–H and O–H groups in total. The maximum Gasteiger partial charge on any atom is 0.326 e. The molecule has 13 heavy (non-hydrogen) atoms. The van der Waals surface area contributed by atoms with Crippen molar-refractivity contribution in [2.75, 3.05) is 0 Å². The van der Waals surface area contributed by atoms with Crippen LogP contribution in [0.2, 0.25) is 0 Å². The predicted molar refractivity (Wildman–Crippen MR) is 46.9 cm³/mol. The van der Waals surface area contributed by atoms with Crippen molar-refractivity contribution < 1.29 is 14.7 Å². The average molecular weight is 181 g/mol. The molecule has 0 bridgehead atoms. The number of carboxylic acids is 1. The van der Waals surface area contributed by atoms with E-state index in [4.69, 9.17) is 5.11 Å². The minimum absolute atomic E-state index is 0.396. The molecule has 1 aromatic rings. The second kappa shape index (κ2) is 3.43. The van der Waals surface area contributed by atoms with Crippen molar-refractivity contribution in [1.29, 1.82) is 0 Å². The minimum atomic E-state index is -0.942. The Labute approximate surface area is 75.8 Å². The summed E-state index contributed by atoms with van der Waals surface area (Å²) in [5, 5.41) is 8.76. The Bertz CT molecular complexity index is 341. The molecule has 0 fully saturated rings. The predicted octanol–water partition coefficient (Wildman–Crippen LogP) is 1.25. The van der Waals surface area contributed by atoms with Gasteiger partial charge in [-0.1, -0.05) is 0 Å². The number of aryl methyl sites for hydroxylation is 1. The third-order valence-corrected chi connectivity index (χ3v) is 2.02. The van der Waals surface area contributed by atoms with Gasteiger partial charge < -0.3 is 9.67 Å². The monoisotopic (exact) mass is 181 g/mol. The van der Waals surface area contributed by atoms with Crippen LogP contribution in [0.15, 0.2) is 12.1 Å². The number of hydrogen-bond acceptors (Lipinski definition) is 2. The largest absolute Gasteiger partial charge is 0.480 e. The smallest absolute Gasteiger partial charge is 0.326 e. The van der Waals surface area contributed by atoms with Crippen molar-refractivity contribution in [1.82, 2.24) is 4.57 Å². The Kier molecular flexibility index (Phi) is 2.51. The lowest BCUT2D eigenvalue weighted by molar-refractivity contribution is -0.140. The zero-order valence-corrected chi connectivity index (χ0v) is 7.52. The third-order valence-electron chi connectivity index (χ3n) is 2.02. The van der Waals surface area contributed by atoms with Crippen molar-refractivity contribution in [3.05, 3.63) is 23.5 Å². The van der Waals surface area contributed by atoms with Crippen molar-refractivity contribution in [3.63, 3.8) is 0 Å². The van der Waals surface area contributed by atoms with E-state index in [-0.39, 0.29) is 0 Å². The van der Waals surface area contributed by atoms with E-state index < -0.39 is 12.0 Å². The van der Waals surface area contributed by atoms with E-state index in [0.29, 0.717) is 12.0 Å². The molecule has 1 aromatic heterocycles. The minimum Gasteiger partial charge on any atom is -0.480 e. The normalized spacial score (nSPS) is 12.5. The van der Waals surface area contributed by atoms with E-state index in [1.165, 1.54) is 4.57 Å². The van der Waals surface area contributed by atoms with E-state index in [1.807, 2.05) is 0 Å². The van der Waals surface area contributed by atoms with Gasteiger partial charge in [0.15, 0.2) is 6.29 Å². The van der Waals surface area contributed by atoms with Crippen LogP contribution in [0, 0.1) is 6.92 Å². The van der Waals surface area contributed by atoms with Gasteiger partial charge in [0.05, 0.1) is 5.69 Å². The third kappa shape index (κ3) is 1.61. The molecule has 0 aromatic carbocycles. The van der Waals surface area contributed by atoms with Crippen LogP contribution in [-0.4, -0.2) is 21.9 Å². The first-order valence-corrected chi connectivity index (χ1v) is 3.93. The van der Waals surface area contributed by atoms with Crippen molar-refractivity contribution in [2.45, 2.75) is 19.9 Å². The van der Waals surface area contributed by atoms with E-state index in [9.17, 15) is 9.59 Å². The number of carbonyl (C=O) groups is 2. The van der Waals surface area contributed by atoms with Crippen LogP contribution in [0.3, 0.4) is 0 Å². The Morgan fingerprint density at radius 2 is 2.23 bits per heavy atom. The molecule has 0 spiro atoms. The van der Waals surface area contributed by atoms with Crippen molar-refractivity contribution >= 4 is 12.3 Å². The fraction of sp³-hybridized carbons (Fsp3) is 0.333. The molecule has 0 aliphatic heterocycles. The highest BCUT2D eigenvalue weighted by atomic mass is 16.4. The molecule has 1 rings (SSSR count). The van der Waals surface area contributed by atoms with E-state index >= 15 is 0 Å². The maximum absolute atomic E-state index is 10.7. The van der Waals surface area contributed by atoms with Crippen LogP contribution < -0.4 is 0 Å². The number of nitrogens with zero attached hydrogens (tertiary/aromatic N) is 1. The standard InChI is InChI=1S/C9H11NO3/c1-6-3-4-8(5-11)10(6)7(2)9(12)13/h3-5,7H,1-2H3,(H,12,13). The highest BCUT2D eigenvalue weighted by molar-refractivity contribution is 5.77. The molecule has 1 atom stereocenters. The van der Waals surface area contributed by atoms with Gasteiger partial charge in [0.1, 0.15) is 6.04 Å². The van der Waals surface area contributed by atoms with Crippen LogP contribution in [-0.2, 0) is 4.79 Å². The van der Waals surface area contributed by atoms with Crippen LogP contribution in [0.5, 0.6) is 0 Å². The van der Waals surface area contributed by atoms with Crippen LogP contribution >= 0.6 is 0 Å². The number of carboxylic acid groups (broad SMARTS) is 1. The number of carbonyl (C=O) groups excluding carboxylic acids is 1. The topological polar surface area (TPSA) is 59.3 Å². The summed E-state index contributed by atoms with van der Waals surface area (Å²) in [5.41, 5.74) is 1.17. The molecule has 0 saturated heterocycles. The summed E-state index contributed by atoms with van der Waals surface area (Å²) in [6.07, 6.45) is 0.659. The second-order valence-electron chi connectivity index (χ2n) is 2.90. The molecule has 0 saturated carbocycles. The van der Waals surface area contributed by atoms with Gasteiger partial charge in [0, 0.05) is 5.69 Å². The molecule has 4 heteroatoms. The molecular formula is C9H11NO3. The highest BCUT2D eigenvalue weighted by Gasteiger charge is 2.17. The summed E-state index contributed by atoms with van der Waals surface area (Å²) in [6, 6.07) is 2.64. The molecule has 0 aliphatic rings. The van der Waals surface area contributed by atoms with Crippen molar-refractivity contribution in [3.8, 4) is 0 Å². The van der Waals surface area contributed by atoms with Gasteiger partial charge in [-0.15, -0.1) is 0 Å². The van der Waals surface area contributed by atoms with Gasteiger partial charge in [-0.3, -0.25) is 4.79 Å². The van der Waals surface area contributed by atoms with Gasteiger partial charge in [0.2, 0.25) is 0 Å². The SMILES string of the molecule is Cc1ccc(C=O)n1C(C)C(=O)O. The molecule has 0 radical (unpaired) electrons. The van der Waals surface area contributed by atoms with Gasteiger partial charge in [-0.2, -0.15) is 0 Å². The Morgan fingerprint density at radius 1 is 1.62 bits per heavy atom. The Balaban J connectivity index is 3.17. The quantitative estimate of drug-likeness (QED) is 0.714. The zero-order valence-electron chi connectivity index (χ0n) is 7.52. The molecule has 1 heterocycles. The molecular weight excluding hydrogens is 170 g/mol. The Hall–Kier alpha value is -1.58. The van der Waals surface area contributed by atoms with Crippen LogP contribution in [0.4, 0.5) is 0 Å².